The predicted octanol–water partition coefficient (Wildman–Crippen LogP) is 3.78. The van der Waals surface area contributed by atoms with Gasteiger partial charge in [0.15, 0.2) is 0 Å². The van der Waals surface area contributed by atoms with Crippen LogP contribution >= 0.6 is 11.3 Å². The van der Waals surface area contributed by atoms with Crippen molar-refractivity contribution in [2.75, 3.05) is 12.4 Å². The normalized spacial score (nSPS) is 17.5. The number of imide groups is 2. The Kier molecular flexibility index (Phi) is 6.72. The Hall–Kier alpha value is -4.53. The van der Waals surface area contributed by atoms with Gasteiger partial charge in [-0.25, -0.2) is 9.78 Å². The number of hydrogen-bond donors (Lipinski definition) is 3. The van der Waals surface area contributed by atoms with E-state index in [1.807, 2.05) is 0 Å². The number of carbonyl (C=O) groups excluding carboxylic acids is 5. The molecule has 0 spiro atoms. The third-order valence-corrected chi connectivity index (χ3v) is 8.02. The van der Waals surface area contributed by atoms with Crippen LogP contribution < -0.4 is 20.7 Å². The second kappa shape index (κ2) is 9.83. The molecule has 1 saturated heterocycles. The third kappa shape index (κ3) is 5.08. The van der Waals surface area contributed by atoms with Crippen LogP contribution in [-0.2, 0) is 21.3 Å². The van der Waals surface area contributed by atoms with Crippen LogP contribution in [0.25, 0.3) is 10.2 Å². The lowest BCUT2D eigenvalue weighted by Gasteiger charge is -2.27. The van der Waals surface area contributed by atoms with E-state index in [9.17, 15) is 37.1 Å². The van der Waals surface area contributed by atoms with E-state index < -0.39 is 53.0 Å². The molecule has 2 aromatic carbocycles. The van der Waals surface area contributed by atoms with Gasteiger partial charge in [0.2, 0.25) is 11.8 Å². The average Bonchev–Trinajstić information content (AvgIpc) is 3.42. The Labute approximate surface area is 234 Å². The van der Waals surface area contributed by atoms with Gasteiger partial charge in [0.1, 0.15) is 16.8 Å². The summed E-state index contributed by atoms with van der Waals surface area (Å²) in [4.78, 5) is 67.6. The second-order valence-electron chi connectivity index (χ2n) is 9.95. The van der Waals surface area contributed by atoms with Crippen LogP contribution in [0.2, 0.25) is 0 Å². The van der Waals surface area contributed by atoms with E-state index in [-0.39, 0.29) is 40.9 Å². The van der Waals surface area contributed by atoms with Crippen LogP contribution in [-0.4, -0.2) is 52.7 Å². The number of rotatable bonds is 5. The first-order valence-corrected chi connectivity index (χ1v) is 13.0. The minimum Gasteiger partial charge on any atom is -0.496 e. The summed E-state index contributed by atoms with van der Waals surface area (Å²) in [6.07, 6.45) is -4.65. The van der Waals surface area contributed by atoms with Crippen LogP contribution in [0.1, 0.15) is 58.0 Å². The van der Waals surface area contributed by atoms with E-state index in [0.717, 1.165) is 29.4 Å². The summed E-state index contributed by atoms with van der Waals surface area (Å²) >= 11 is 1.09. The van der Waals surface area contributed by atoms with Crippen LogP contribution in [0.5, 0.6) is 5.75 Å². The molecule has 0 bridgehead atoms. The molecule has 3 aromatic rings. The molecule has 1 aromatic heterocycles. The summed E-state index contributed by atoms with van der Waals surface area (Å²) in [5.74, 6) is -2.98. The average molecular weight is 590 g/mol. The van der Waals surface area contributed by atoms with Gasteiger partial charge >= 0.3 is 12.2 Å². The summed E-state index contributed by atoms with van der Waals surface area (Å²) in [6.45, 7) is 3.24. The highest BCUT2D eigenvalue weighted by Crippen LogP contribution is 2.41. The number of urea groups is 1. The molecular formula is C26H22F3N5O6S. The third-order valence-electron chi connectivity index (χ3n) is 6.67. The first-order valence-electron chi connectivity index (χ1n) is 12.2. The van der Waals surface area contributed by atoms with Gasteiger partial charge in [-0.1, -0.05) is 0 Å². The van der Waals surface area contributed by atoms with Crippen molar-refractivity contribution in [3.63, 3.8) is 0 Å². The Morgan fingerprint density at radius 1 is 1.10 bits per heavy atom. The van der Waals surface area contributed by atoms with Crippen molar-refractivity contribution < 1.29 is 41.9 Å². The fourth-order valence-corrected chi connectivity index (χ4v) is 5.69. The molecule has 214 valence electrons. The van der Waals surface area contributed by atoms with Crippen molar-refractivity contribution in [2.45, 2.75) is 44.4 Å². The summed E-state index contributed by atoms with van der Waals surface area (Å²) < 4.78 is 45.6. The summed E-state index contributed by atoms with van der Waals surface area (Å²) in [6, 6.07) is 4.37. The molecule has 6 amide bonds. The molecule has 2 aliphatic heterocycles. The van der Waals surface area contributed by atoms with E-state index in [4.69, 9.17) is 4.74 Å². The maximum atomic E-state index is 13.4. The van der Waals surface area contributed by atoms with Crippen molar-refractivity contribution in [3.8, 4) is 5.75 Å². The summed E-state index contributed by atoms with van der Waals surface area (Å²) in [7, 11) is 1.14. The van der Waals surface area contributed by atoms with Gasteiger partial charge in [0, 0.05) is 18.2 Å². The number of nitrogens with zero attached hydrogens (tertiary/aromatic N) is 2. The first-order chi connectivity index (χ1) is 19.2. The molecule has 15 heteroatoms. The fourth-order valence-electron chi connectivity index (χ4n) is 4.66. The smallest absolute Gasteiger partial charge is 0.420 e. The molecule has 2 aliphatic rings. The van der Waals surface area contributed by atoms with Gasteiger partial charge in [-0.2, -0.15) is 13.2 Å². The largest absolute Gasteiger partial charge is 0.496 e. The highest BCUT2D eigenvalue weighted by Gasteiger charge is 2.44. The van der Waals surface area contributed by atoms with Crippen LogP contribution in [0.15, 0.2) is 30.3 Å². The number of methoxy groups -OCH3 is 1. The minimum absolute atomic E-state index is 0.00873. The van der Waals surface area contributed by atoms with Crippen molar-refractivity contribution in [1.29, 1.82) is 0 Å². The van der Waals surface area contributed by atoms with Gasteiger partial charge in [-0.3, -0.25) is 29.4 Å². The number of aromatic nitrogens is 1. The molecule has 0 aliphatic carbocycles. The molecule has 3 heterocycles. The SMILES string of the molecule is COc1cc2sc(C(C)(C)NC(=O)Nc3ccc4c(c3)C(=O)N(C3CCC(=O)NC3=O)C4=O)nc2cc1C(F)(F)F. The van der Waals surface area contributed by atoms with Crippen LogP contribution in [0, 0.1) is 0 Å². The lowest BCUT2D eigenvalue weighted by molar-refractivity contribution is -0.139. The second-order valence-corrected chi connectivity index (χ2v) is 11.0. The van der Waals surface area contributed by atoms with E-state index >= 15 is 0 Å². The zero-order valence-corrected chi connectivity index (χ0v) is 22.6. The van der Waals surface area contributed by atoms with E-state index in [1.54, 1.807) is 13.8 Å². The highest BCUT2D eigenvalue weighted by atomic mass is 32.1. The van der Waals surface area contributed by atoms with Crippen LogP contribution in [0.3, 0.4) is 0 Å². The number of anilines is 1. The highest BCUT2D eigenvalue weighted by molar-refractivity contribution is 7.18. The Bertz CT molecular complexity index is 1650. The number of carbonyl (C=O) groups is 5. The van der Waals surface area contributed by atoms with Crippen molar-refractivity contribution in [2.24, 2.45) is 0 Å². The standard InChI is InChI=1S/C26H22F3N5O6S/c1-25(2,23-31-15-9-14(26(27,28)29)17(40-3)10-18(15)41-23)33-24(39)30-11-4-5-12-13(8-11)22(38)34(21(12)37)16-6-7-19(35)32-20(16)36/h4-5,8-10,16H,6-7H2,1-3H3,(H2,30,33,39)(H,32,35,36). The van der Waals surface area contributed by atoms with Gasteiger partial charge in [0.05, 0.1) is 39.6 Å². The summed E-state index contributed by atoms with van der Waals surface area (Å²) in [5, 5.41) is 7.74. The number of fused-ring (bicyclic) bond motifs is 2. The van der Waals surface area contributed by atoms with Crippen LogP contribution in [0.4, 0.5) is 23.7 Å². The predicted molar refractivity (Wildman–Crippen MR) is 139 cm³/mol. The number of nitrogens with one attached hydrogen (secondary N) is 3. The number of benzene rings is 2. The molecule has 0 saturated carbocycles. The molecule has 0 radical (unpaired) electrons. The Balaban J connectivity index is 1.32. The molecule has 11 nitrogen and oxygen atoms in total. The topological polar surface area (TPSA) is 147 Å². The molecule has 5 rings (SSSR count). The first kappa shape index (κ1) is 28.0. The summed E-state index contributed by atoms with van der Waals surface area (Å²) in [5.41, 5.74) is -1.78. The van der Waals surface area contributed by atoms with E-state index in [2.05, 4.69) is 20.9 Å². The number of halogens is 3. The number of hydrogen-bond acceptors (Lipinski definition) is 8. The maximum Gasteiger partial charge on any atom is 0.420 e. The fraction of sp³-hybridized carbons (Fsp3) is 0.308. The lowest BCUT2D eigenvalue weighted by atomic mass is 10.0. The van der Waals surface area contributed by atoms with E-state index in [1.165, 1.54) is 24.3 Å². The van der Waals surface area contributed by atoms with Crippen molar-refractivity contribution in [1.82, 2.24) is 20.5 Å². The number of ether oxygens (including phenoxy) is 1. The molecule has 41 heavy (non-hydrogen) atoms. The van der Waals surface area contributed by atoms with E-state index in [0.29, 0.717) is 9.71 Å². The number of piperidine rings is 1. The van der Waals surface area contributed by atoms with Crippen molar-refractivity contribution in [3.05, 3.63) is 52.0 Å². The number of alkyl halides is 3. The number of thiazole rings is 1. The maximum absolute atomic E-state index is 13.4. The molecule has 1 fully saturated rings. The molecule has 3 N–H and O–H groups in total. The quantitative estimate of drug-likeness (QED) is 0.384. The zero-order chi connectivity index (χ0) is 29.9. The van der Waals surface area contributed by atoms with Gasteiger partial charge < -0.3 is 15.4 Å². The number of amides is 6. The van der Waals surface area contributed by atoms with Gasteiger partial charge in [0.25, 0.3) is 11.8 Å². The Morgan fingerprint density at radius 3 is 2.46 bits per heavy atom. The molecular weight excluding hydrogens is 567 g/mol. The van der Waals surface area contributed by atoms with Gasteiger partial charge in [-0.05, 0) is 44.5 Å². The van der Waals surface area contributed by atoms with Crippen molar-refractivity contribution >= 4 is 56.9 Å². The molecule has 1 atom stereocenters. The van der Waals surface area contributed by atoms with Gasteiger partial charge in [-0.15, -0.1) is 11.3 Å². The Morgan fingerprint density at radius 2 is 1.80 bits per heavy atom. The minimum atomic E-state index is -4.64. The lowest BCUT2D eigenvalue weighted by Crippen LogP contribution is -2.54. The molecule has 1 unspecified atom stereocenters. The monoisotopic (exact) mass is 589 g/mol. The zero-order valence-electron chi connectivity index (χ0n) is 21.8.